The highest BCUT2D eigenvalue weighted by molar-refractivity contribution is 4.95. The van der Waals surface area contributed by atoms with Crippen molar-refractivity contribution in [1.29, 1.82) is 0 Å². The maximum atomic E-state index is 9.59. The second kappa shape index (κ2) is 4.34. The summed E-state index contributed by atoms with van der Waals surface area (Å²) in [5, 5.41) is 18.5. The van der Waals surface area contributed by atoms with Crippen LogP contribution in [0.3, 0.4) is 0 Å². The molecule has 13 heavy (non-hydrogen) atoms. The molecular formula is C8H16NO4-. The van der Waals surface area contributed by atoms with Gasteiger partial charge in [-0.3, -0.25) is 0 Å². The van der Waals surface area contributed by atoms with Gasteiger partial charge in [0.15, 0.2) is 0 Å². The van der Waals surface area contributed by atoms with Gasteiger partial charge in [-0.05, 0) is 0 Å². The maximum Gasteiger partial charge on any atom is 0.144 e. The smallest absolute Gasteiger partial charge is 0.144 e. The van der Waals surface area contributed by atoms with Crippen molar-refractivity contribution >= 4 is 0 Å². The van der Waals surface area contributed by atoms with E-state index in [0.29, 0.717) is 0 Å². The largest absolute Gasteiger partial charge is 0.668 e. The minimum atomic E-state index is -0.809. The highest BCUT2D eigenvalue weighted by atomic mass is 16.7. The number of aliphatic hydroxyl groups is 2. The molecule has 5 atom stereocenters. The molecule has 0 aliphatic carbocycles. The molecule has 0 aromatic carbocycles. The summed E-state index contributed by atoms with van der Waals surface area (Å²) in [6.45, 7) is 1.59. The fraction of sp³-hybridized carbons (Fsp3) is 1.00. The van der Waals surface area contributed by atoms with Crippen LogP contribution in [-0.4, -0.2) is 48.5 Å². The number of methoxy groups -OCH3 is 1. The fourth-order valence-electron chi connectivity index (χ4n) is 1.50. The lowest BCUT2D eigenvalue weighted by Gasteiger charge is -2.45. The van der Waals surface area contributed by atoms with Crippen molar-refractivity contribution in [2.45, 2.75) is 31.5 Å². The van der Waals surface area contributed by atoms with Crippen LogP contribution in [0, 0.1) is 5.92 Å². The van der Waals surface area contributed by atoms with Crippen LogP contribution in [-0.2, 0) is 9.47 Å². The lowest BCUT2D eigenvalue weighted by atomic mass is 9.90. The van der Waals surface area contributed by atoms with E-state index in [4.69, 9.17) is 20.3 Å². The highest BCUT2D eigenvalue weighted by Crippen LogP contribution is 2.27. The van der Waals surface area contributed by atoms with Crippen LogP contribution in [0.1, 0.15) is 6.92 Å². The van der Waals surface area contributed by atoms with Gasteiger partial charge in [-0.25, -0.2) is 0 Å². The molecule has 0 aromatic heterocycles. The SMILES string of the molecule is CO[C@@H]1OC(CO)[C@@H](C)[C@H](O)C1[NH-]. The van der Waals surface area contributed by atoms with E-state index < -0.39 is 24.5 Å². The van der Waals surface area contributed by atoms with Crippen LogP contribution in [0.5, 0.6) is 0 Å². The van der Waals surface area contributed by atoms with Gasteiger partial charge in [-0.2, -0.15) is 0 Å². The molecule has 1 saturated heterocycles. The van der Waals surface area contributed by atoms with E-state index in [2.05, 4.69) is 0 Å². The first-order valence-electron chi connectivity index (χ1n) is 4.30. The number of hydrogen-bond acceptors (Lipinski definition) is 4. The van der Waals surface area contributed by atoms with Crippen LogP contribution in [0.4, 0.5) is 0 Å². The quantitative estimate of drug-likeness (QED) is 0.630. The summed E-state index contributed by atoms with van der Waals surface area (Å²) in [6.07, 6.45) is -2.00. The third kappa shape index (κ3) is 2.00. The van der Waals surface area contributed by atoms with Gasteiger partial charge in [0.05, 0.1) is 12.7 Å². The number of aliphatic hydroxyl groups excluding tert-OH is 2. The summed E-state index contributed by atoms with van der Waals surface area (Å²) in [7, 11) is 1.42. The molecule has 5 nitrogen and oxygen atoms in total. The van der Waals surface area contributed by atoms with E-state index in [0.717, 1.165) is 0 Å². The van der Waals surface area contributed by atoms with Gasteiger partial charge < -0.3 is 25.4 Å². The Bertz CT molecular complexity index is 146. The number of nitrogens with one attached hydrogen (secondary N) is 1. The molecule has 2 unspecified atom stereocenters. The lowest BCUT2D eigenvalue weighted by molar-refractivity contribution is -0.233. The topological polar surface area (TPSA) is 82.7 Å². The zero-order valence-corrected chi connectivity index (χ0v) is 7.80. The van der Waals surface area contributed by atoms with Crippen molar-refractivity contribution in [2.24, 2.45) is 5.92 Å². The minimum absolute atomic E-state index is 0.162. The maximum absolute atomic E-state index is 9.59. The molecule has 0 spiro atoms. The van der Waals surface area contributed by atoms with Crippen LogP contribution in [0.25, 0.3) is 5.73 Å². The Kier molecular flexibility index (Phi) is 3.63. The molecule has 1 fully saturated rings. The molecule has 0 bridgehead atoms. The summed E-state index contributed by atoms with van der Waals surface area (Å²) in [4.78, 5) is 0. The van der Waals surface area contributed by atoms with Gasteiger partial charge >= 0.3 is 0 Å². The summed E-state index contributed by atoms with van der Waals surface area (Å²) in [5.74, 6) is -0.237. The van der Waals surface area contributed by atoms with Crippen LogP contribution >= 0.6 is 0 Å². The number of hydrogen-bond donors (Lipinski definition) is 2. The molecule has 0 amide bonds. The van der Waals surface area contributed by atoms with E-state index in [1.54, 1.807) is 6.92 Å². The van der Waals surface area contributed by atoms with E-state index in [1.165, 1.54) is 7.11 Å². The van der Waals surface area contributed by atoms with E-state index in [9.17, 15) is 5.11 Å². The molecule has 78 valence electrons. The minimum Gasteiger partial charge on any atom is -0.668 e. The Morgan fingerprint density at radius 2 is 2.15 bits per heavy atom. The van der Waals surface area contributed by atoms with Crippen molar-refractivity contribution < 1.29 is 19.7 Å². The summed E-state index contributed by atoms with van der Waals surface area (Å²) < 4.78 is 10.1. The van der Waals surface area contributed by atoms with Gasteiger partial charge in [-0.15, -0.1) is 0 Å². The third-order valence-corrected chi connectivity index (χ3v) is 2.51. The van der Waals surface area contributed by atoms with Crippen molar-refractivity contribution in [3.05, 3.63) is 5.73 Å². The van der Waals surface area contributed by atoms with Crippen molar-refractivity contribution in [2.75, 3.05) is 13.7 Å². The normalized spacial score (nSPS) is 46.4. The van der Waals surface area contributed by atoms with Crippen molar-refractivity contribution in [3.8, 4) is 0 Å². The first-order valence-corrected chi connectivity index (χ1v) is 4.30. The monoisotopic (exact) mass is 190 g/mol. The summed E-state index contributed by atoms with van der Waals surface area (Å²) in [5.41, 5.74) is 7.55. The second-order valence-electron chi connectivity index (χ2n) is 3.34. The first kappa shape index (κ1) is 10.9. The van der Waals surface area contributed by atoms with Crippen molar-refractivity contribution in [1.82, 2.24) is 0 Å². The van der Waals surface area contributed by atoms with Crippen molar-refractivity contribution in [3.63, 3.8) is 0 Å². The van der Waals surface area contributed by atoms with E-state index in [-0.39, 0.29) is 12.5 Å². The van der Waals surface area contributed by atoms with E-state index in [1.807, 2.05) is 0 Å². The van der Waals surface area contributed by atoms with E-state index >= 15 is 0 Å². The van der Waals surface area contributed by atoms with Gasteiger partial charge in [-0.1, -0.05) is 13.0 Å². The molecule has 5 heteroatoms. The fourth-order valence-corrected chi connectivity index (χ4v) is 1.50. The van der Waals surface area contributed by atoms with Gasteiger partial charge in [0, 0.05) is 19.1 Å². The first-order chi connectivity index (χ1) is 6.11. The zero-order valence-electron chi connectivity index (χ0n) is 7.80. The average molecular weight is 190 g/mol. The molecule has 0 aromatic rings. The Morgan fingerprint density at radius 3 is 2.62 bits per heavy atom. The summed E-state index contributed by atoms with van der Waals surface area (Å²) in [6, 6.07) is -0.803. The Hall–Kier alpha value is -0.200. The Balaban J connectivity index is 2.66. The molecule has 1 heterocycles. The molecule has 1 rings (SSSR count). The number of ether oxygens (including phenoxy) is 2. The van der Waals surface area contributed by atoms with Gasteiger partial charge in [0.1, 0.15) is 6.29 Å². The Morgan fingerprint density at radius 1 is 1.54 bits per heavy atom. The van der Waals surface area contributed by atoms with Crippen LogP contribution in [0.15, 0.2) is 0 Å². The number of rotatable bonds is 2. The molecule has 1 aliphatic rings. The standard InChI is InChI=1S/C8H16NO4/c1-4-5(3-10)13-8(12-2)6(9)7(4)11/h4-11H,3H2,1-2H3/q-1/t4-,5?,6?,7+,8-/m1/s1. The predicted octanol–water partition coefficient (Wildman–Crippen LogP) is -0.232. The van der Waals surface area contributed by atoms with Crippen LogP contribution < -0.4 is 0 Å². The molecule has 0 radical (unpaired) electrons. The highest BCUT2D eigenvalue weighted by Gasteiger charge is 2.36. The van der Waals surface area contributed by atoms with Crippen LogP contribution in [0.2, 0.25) is 0 Å². The average Bonchev–Trinajstić information content (AvgIpc) is 2.15. The zero-order chi connectivity index (χ0) is 10.0. The van der Waals surface area contributed by atoms with Gasteiger partial charge in [0.25, 0.3) is 0 Å². The molecular weight excluding hydrogens is 174 g/mol. The second-order valence-corrected chi connectivity index (χ2v) is 3.34. The predicted molar refractivity (Wildman–Crippen MR) is 46.0 cm³/mol. The molecule has 0 saturated carbocycles. The molecule has 3 N–H and O–H groups in total. The lowest BCUT2D eigenvalue weighted by Crippen LogP contribution is -2.53. The van der Waals surface area contributed by atoms with Gasteiger partial charge in [0.2, 0.25) is 0 Å². The Labute approximate surface area is 77.4 Å². The summed E-state index contributed by atoms with van der Waals surface area (Å²) >= 11 is 0. The third-order valence-electron chi connectivity index (χ3n) is 2.51. The molecule has 1 aliphatic heterocycles.